The average molecular weight is 466 g/mol. The first-order valence-electron chi connectivity index (χ1n) is 10.3. The van der Waals surface area contributed by atoms with Gasteiger partial charge in [-0.2, -0.15) is 0 Å². The molecule has 0 bridgehead atoms. The Morgan fingerprint density at radius 1 is 1.19 bits per heavy atom. The van der Waals surface area contributed by atoms with E-state index in [1.165, 1.54) is 26.4 Å². The molecule has 2 aromatic heterocycles. The Morgan fingerprint density at radius 3 is 2.84 bits per heavy atom. The van der Waals surface area contributed by atoms with Gasteiger partial charge in [0.05, 0.1) is 6.04 Å². The van der Waals surface area contributed by atoms with Crippen molar-refractivity contribution in [3.05, 3.63) is 93.1 Å². The van der Waals surface area contributed by atoms with E-state index in [0.29, 0.717) is 21.4 Å². The monoisotopic (exact) mass is 465 g/mol. The van der Waals surface area contributed by atoms with Gasteiger partial charge < -0.3 is 5.32 Å². The van der Waals surface area contributed by atoms with Crippen LogP contribution in [0.5, 0.6) is 0 Å². The number of hydrogen-bond acceptors (Lipinski definition) is 5. The molecular formula is C23H20ClN5O2S. The van der Waals surface area contributed by atoms with Gasteiger partial charge in [-0.3, -0.25) is 4.79 Å². The van der Waals surface area contributed by atoms with Crippen molar-refractivity contribution in [2.45, 2.75) is 36.2 Å². The molecule has 32 heavy (non-hydrogen) atoms. The number of nitrogens with zero attached hydrogens (tertiary/aromatic N) is 4. The lowest BCUT2D eigenvalue weighted by Crippen LogP contribution is -2.34. The van der Waals surface area contributed by atoms with E-state index in [1.54, 1.807) is 12.4 Å². The average Bonchev–Trinajstić information content (AvgIpc) is 3.35. The Bertz CT molecular complexity index is 1350. The fourth-order valence-corrected chi connectivity index (χ4v) is 4.97. The normalized spacial score (nSPS) is 15.1. The zero-order valence-electron chi connectivity index (χ0n) is 17.1. The summed E-state index contributed by atoms with van der Waals surface area (Å²) >= 11 is 7.42. The molecule has 1 aliphatic rings. The van der Waals surface area contributed by atoms with Crippen molar-refractivity contribution in [1.29, 1.82) is 0 Å². The zero-order valence-corrected chi connectivity index (χ0v) is 18.6. The van der Waals surface area contributed by atoms with E-state index in [1.807, 2.05) is 42.5 Å². The number of aromatic nitrogens is 4. The smallest absolute Gasteiger partial charge is 0.348 e. The summed E-state index contributed by atoms with van der Waals surface area (Å²) in [4.78, 5) is 29.9. The number of hydrogen-bond donors (Lipinski definition) is 1. The van der Waals surface area contributed by atoms with Gasteiger partial charge in [-0.15, -0.1) is 5.10 Å². The van der Waals surface area contributed by atoms with Gasteiger partial charge in [0.15, 0.2) is 5.65 Å². The van der Waals surface area contributed by atoms with Crippen LogP contribution in [0.2, 0.25) is 5.02 Å². The second-order valence-electron chi connectivity index (χ2n) is 7.64. The van der Waals surface area contributed by atoms with Crippen molar-refractivity contribution in [3.63, 3.8) is 0 Å². The number of halogens is 1. The molecule has 1 atom stereocenters. The molecule has 0 radical (unpaired) electrons. The first-order chi connectivity index (χ1) is 15.6. The lowest BCUT2D eigenvalue weighted by Gasteiger charge is -2.13. The Kier molecular flexibility index (Phi) is 5.71. The number of aryl methyl sites for hydroxylation is 1. The van der Waals surface area contributed by atoms with Crippen molar-refractivity contribution in [3.8, 4) is 0 Å². The molecule has 0 spiro atoms. The first kappa shape index (κ1) is 20.8. The van der Waals surface area contributed by atoms with Gasteiger partial charge in [0.1, 0.15) is 11.6 Å². The summed E-state index contributed by atoms with van der Waals surface area (Å²) < 4.78 is 2.62. The van der Waals surface area contributed by atoms with Crippen LogP contribution in [0.3, 0.4) is 0 Å². The molecule has 1 N–H and O–H groups in total. The predicted molar refractivity (Wildman–Crippen MR) is 124 cm³/mol. The van der Waals surface area contributed by atoms with Gasteiger partial charge in [0.2, 0.25) is 5.91 Å². The first-order valence-corrected chi connectivity index (χ1v) is 11.6. The third kappa shape index (κ3) is 4.16. The van der Waals surface area contributed by atoms with E-state index < -0.39 is 0 Å². The molecule has 0 fully saturated rings. The summed E-state index contributed by atoms with van der Waals surface area (Å²) in [5.74, 6) is 0.424. The summed E-state index contributed by atoms with van der Waals surface area (Å²) in [7, 11) is 0. The molecule has 4 aromatic rings. The van der Waals surface area contributed by atoms with Gasteiger partial charge in [-0.1, -0.05) is 59.8 Å². The fourth-order valence-electron chi connectivity index (χ4n) is 3.95. The molecule has 2 heterocycles. The fraction of sp³-hybridized carbons (Fsp3) is 0.217. The molecule has 5 rings (SSSR count). The largest absolute Gasteiger partial charge is 0.350 e. The van der Waals surface area contributed by atoms with Crippen LogP contribution in [0.15, 0.2) is 70.7 Å². The highest BCUT2D eigenvalue weighted by molar-refractivity contribution is 7.98. The minimum Gasteiger partial charge on any atom is -0.348 e. The summed E-state index contributed by atoms with van der Waals surface area (Å²) in [5.41, 5.74) is 3.57. The molecule has 0 unspecified atom stereocenters. The molecule has 9 heteroatoms. The number of carbonyl (C=O) groups is 1. The van der Waals surface area contributed by atoms with Crippen LogP contribution in [0, 0.1) is 0 Å². The summed E-state index contributed by atoms with van der Waals surface area (Å²) in [6.45, 7) is -0.138. The maximum Gasteiger partial charge on any atom is 0.350 e. The molecule has 1 aliphatic carbocycles. The standard InChI is InChI=1S/C23H20ClN5O2S/c24-17-8-5-15(6-9-17)14-32-22-21-27-29(23(31)28(21)12-11-25-22)13-20(30)26-19-10-7-16-3-1-2-4-18(16)19/h1-6,8-9,11-12,19H,7,10,13-14H2,(H,26,30)/t19-/m0/s1. The number of nitrogens with one attached hydrogen (secondary N) is 1. The molecule has 162 valence electrons. The number of rotatable bonds is 6. The zero-order chi connectivity index (χ0) is 22.1. The van der Waals surface area contributed by atoms with E-state index in [2.05, 4.69) is 21.5 Å². The second kappa shape index (κ2) is 8.80. The minimum absolute atomic E-state index is 0.0291. The Balaban J connectivity index is 1.32. The van der Waals surface area contributed by atoms with Crippen molar-refractivity contribution < 1.29 is 4.79 Å². The van der Waals surface area contributed by atoms with Crippen molar-refractivity contribution >= 4 is 34.9 Å². The van der Waals surface area contributed by atoms with Crippen LogP contribution in [-0.2, 0) is 23.5 Å². The van der Waals surface area contributed by atoms with E-state index in [-0.39, 0.29) is 24.2 Å². The summed E-state index contributed by atoms with van der Waals surface area (Å²) in [6.07, 6.45) is 4.94. The molecule has 0 saturated carbocycles. The van der Waals surface area contributed by atoms with Crippen molar-refractivity contribution in [2.75, 3.05) is 0 Å². The number of benzene rings is 2. The molecular weight excluding hydrogens is 446 g/mol. The Morgan fingerprint density at radius 2 is 2.00 bits per heavy atom. The Hall–Kier alpha value is -3.10. The second-order valence-corrected chi connectivity index (χ2v) is 9.04. The van der Waals surface area contributed by atoms with Gasteiger partial charge >= 0.3 is 5.69 Å². The lowest BCUT2D eigenvalue weighted by atomic mass is 10.1. The maximum absolute atomic E-state index is 12.8. The van der Waals surface area contributed by atoms with Crippen molar-refractivity contribution in [1.82, 2.24) is 24.5 Å². The lowest BCUT2D eigenvalue weighted by molar-refractivity contribution is -0.122. The number of amides is 1. The van der Waals surface area contributed by atoms with Gasteiger partial charge in [-0.05, 0) is 41.7 Å². The van der Waals surface area contributed by atoms with E-state index in [0.717, 1.165) is 24.0 Å². The highest BCUT2D eigenvalue weighted by Crippen LogP contribution is 2.30. The number of carbonyl (C=O) groups excluding carboxylic acids is 1. The Labute approximate surface area is 193 Å². The van der Waals surface area contributed by atoms with Crippen LogP contribution >= 0.6 is 23.4 Å². The van der Waals surface area contributed by atoms with Crippen LogP contribution in [0.25, 0.3) is 5.65 Å². The molecule has 0 saturated heterocycles. The van der Waals surface area contributed by atoms with Crippen molar-refractivity contribution in [2.24, 2.45) is 0 Å². The van der Waals surface area contributed by atoms with Crippen LogP contribution in [0.4, 0.5) is 0 Å². The number of fused-ring (bicyclic) bond motifs is 2. The summed E-state index contributed by atoms with van der Waals surface area (Å²) in [6, 6.07) is 15.7. The van der Waals surface area contributed by atoms with Gasteiger partial charge in [0.25, 0.3) is 0 Å². The van der Waals surface area contributed by atoms with Crippen LogP contribution < -0.4 is 11.0 Å². The predicted octanol–water partition coefficient (Wildman–Crippen LogP) is 3.64. The molecule has 0 aliphatic heterocycles. The topological polar surface area (TPSA) is 81.3 Å². The van der Waals surface area contributed by atoms with E-state index in [9.17, 15) is 9.59 Å². The highest BCUT2D eigenvalue weighted by Gasteiger charge is 2.24. The third-order valence-electron chi connectivity index (χ3n) is 5.52. The van der Waals surface area contributed by atoms with Crippen LogP contribution in [-0.4, -0.2) is 25.1 Å². The number of thioether (sulfide) groups is 1. The minimum atomic E-state index is -0.363. The third-order valence-corrected chi connectivity index (χ3v) is 6.81. The molecule has 2 aromatic carbocycles. The highest BCUT2D eigenvalue weighted by atomic mass is 35.5. The van der Waals surface area contributed by atoms with Gasteiger partial charge in [0, 0.05) is 23.2 Å². The molecule has 1 amide bonds. The quantitative estimate of drug-likeness (QED) is 0.440. The van der Waals surface area contributed by atoms with E-state index >= 15 is 0 Å². The SMILES string of the molecule is O=C(Cn1nc2c(SCc3ccc(Cl)cc3)nccn2c1=O)N[C@H]1CCc2ccccc21. The van der Waals surface area contributed by atoms with Gasteiger partial charge in [-0.25, -0.2) is 18.9 Å². The maximum atomic E-state index is 12.8. The molecule has 7 nitrogen and oxygen atoms in total. The van der Waals surface area contributed by atoms with Crippen LogP contribution in [0.1, 0.15) is 29.2 Å². The van der Waals surface area contributed by atoms with E-state index in [4.69, 9.17) is 11.6 Å². The summed E-state index contributed by atoms with van der Waals surface area (Å²) in [5, 5.41) is 8.75.